The van der Waals surface area contributed by atoms with Crippen LogP contribution in [0.15, 0.2) is 18.2 Å². The molecule has 0 heterocycles. The Morgan fingerprint density at radius 3 is 2.57 bits per heavy atom. The lowest BCUT2D eigenvalue weighted by atomic mass is 9.69. The van der Waals surface area contributed by atoms with Crippen molar-refractivity contribution < 1.29 is 14.7 Å². The van der Waals surface area contributed by atoms with Crippen LogP contribution in [0.5, 0.6) is 11.5 Å². The van der Waals surface area contributed by atoms with Crippen LogP contribution in [0.4, 0.5) is 0 Å². The average molecular weight is 316 g/mol. The van der Waals surface area contributed by atoms with Gasteiger partial charge in [-0.1, -0.05) is 6.07 Å². The van der Waals surface area contributed by atoms with Crippen LogP contribution in [-0.2, 0) is 5.41 Å². The van der Waals surface area contributed by atoms with E-state index in [1.54, 1.807) is 7.11 Å². The van der Waals surface area contributed by atoms with Crippen LogP contribution in [0, 0.1) is 17.2 Å². The molecule has 1 aromatic rings. The van der Waals surface area contributed by atoms with Crippen LogP contribution in [0.3, 0.4) is 0 Å². The van der Waals surface area contributed by atoms with Crippen molar-refractivity contribution in [2.45, 2.75) is 50.0 Å². The summed E-state index contributed by atoms with van der Waals surface area (Å²) in [7, 11) is 1.64. The molecule has 0 atom stereocenters. The molecular weight excluding hydrogens is 292 g/mol. The number of nitrogens with one attached hydrogen (secondary N) is 1. The molecule has 0 aromatic heterocycles. The number of benzene rings is 1. The van der Waals surface area contributed by atoms with Gasteiger partial charge in [0.1, 0.15) is 0 Å². The molecule has 0 aliphatic heterocycles. The van der Waals surface area contributed by atoms with Gasteiger partial charge >= 0.3 is 0 Å². The normalized spacial score (nSPS) is 27.3. The van der Waals surface area contributed by atoms with E-state index >= 15 is 0 Å². The van der Waals surface area contributed by atoms with E-state index in [-0.39, 0.29) is 6.04 Å². The monoisotopic (exact) mass is 316 g/mol. The number of hydrogen-bond donors (Lipinski definition) is 2. The largest absolute Gasteiger partial charge is 0.493 e. The van der Waals surface area contributed by atoms with E-state index in [9.17, 15) is 5.26 Å². The van der Waals surface area contributed by atoms with Gasteiger partial charge in [0.2, 0.25) is 0 Å². The van der Waals surface area contributed by atoms with Gasteiger partial charge in [0, 0.05) is 6.04 Å². The van der Waals surface area contributed by atoms with Gasteiger partial charge in [-0.15, -0.1) is 0 Å². The highest BCUT2D eigenvalue weighted by Crippen LogP contribution is 2.42. The third-order valence-electron chi connectivity index (χ3n) is 5.12. The molecule has 23 heavy (non-hydrogen) atoms. The highest BCUT2D eigenvalue weighted by molar-refractivity contribution is 5.47. The molecular formula is C18H24N2O3. The molecule has 1 aromatic carbocycles. The Morgan fingerprint density at radius 1 is 1.26 bits per heavy atom. The van der Waals surface area contributed by atoms with E-state index in [4.69, 9.17) is 14.7 Å². The van der Waals surface area contributed by atoms with Crippen LogP contribution in [0.1, 0.15) is 44.1 Å². The molecule has 2 aliphatic rings. The van der Waals surface area contributed by atoms with Gasteiger partial charge in [0.25, 0.3) is 0 Å². The minimum absolute atomic E-state index is 0.0836. The summed E-state index contributed by atoms with van der Waals surface area (Å²) in [6.45, 7) is 0.718. The summed E-state index contributed by atoms with van der Waals surface area (Å²) in [5.41, 5.74) is 2.82. The number of methoxy groups -OCH3 is 1. The molecule has 5 nitrogen and oxygen atoms in total. The molecule has 0 saturated heterocycles. The highest BCUT2D eigenvalue weighted by Gasteiger charge is 2.37. The molecule has 2 fully saturated rings. The molecule has 2 N–H and O–H groups in total. The van der Waals surface area contributed by atoms with E-state index in [2.05, 4.69) is 11.5 Å². The summed E-state index contributed by atoms with van der Waals surface area (Å²) < 4.78 is 11.3. The van der Waals surface area contributed by atoms with Crippen molar-refractivity contribution >= 4 is 0 Å². The summed E-state index contributed by atoms with van der Waals surface area (Å²) in [5, 5.41) is 18.9. The maximum atomic E-state index is 9.79. The molecule has 5 heteroatoms. The molecule has 0 spiro atoms. The van der Waals surface area contributed by atoms with Gasteiger partial charge in [-0.2, -0.15) is 5.26 Å². The van der Waals surface area contributed by atoms with Crippen molar-refractivity contribution in [2.24, 2.45) is 5.92 Å². The maximum Gasteiger partial charge on any atom is 0.161 e. The summed E-state index contributed by atoms with van der Waals surface area (Å²) in [5.74, 6) is 2.11. The van der Waals surface area contributed by atoms with Crippen LogP contribution in [0.25, 0.3) is 0 Å². The van der Waals surface area contributed by atoms with Gasteiger partial charge in [0.05, 0.1) is 25.2 Å². The Kier molecular flexibility index (Phi) is 4.74. The molecule has 0 radical (unpaired) electrons. The second kappa shape index (κ2) is 6.77. The fourth-order valence-corrected chi connectivity index (χ4v) is 3.28. The lowest BCUT2D eigenvalue weighted by Gasteiger charge is -2.35. The zero-order valence-corrected chi connectivity index (χ0v) is 13.5. The van der Waals surface area contributed by atoms with Gasteiger partial charge in [-0.3, -0.25) is 0 Å². The van der Waals surface area contributed by atoms with Gasteiger partial charge in [-0.25, -0.2) is 5.48 Å². The molecule has 0 unspecified atom stereocenters. The fraction of sp³-hybridized carbons (Fsp3) is 0.611. The summed E-state index contributed by atoms with van der Waals surface area (Å²) in [6, 6.07) is 8.43. The minimum atomic E-state index is -0.503. The molecule has 0 bridgehead atoms. The van der Waals surface area contributed by atoms with Crippen molar-refractivity contribution in [1.29, 1.82) is 5.26 Å². The summed E-state index contributed by atoms with van der Waals surface area (Å²) >= 11 is 0. The van der Waals surface area contributed by atoms with Crippen molar-refractivity contribution in [3.05, 3.63) is 23.8 Å². The Hall–Kier alpha value is -1.77. The Bertz CT molecular complexity index is 584. The SMILES string of the molecule is COc1ccc(C2(C#N)CCC(NO)CC2)cc1OCC1CC1. The van der Waals surface area contributed by atoms with Crippen molar-refractivity contribution in [2.75, 3.05) is 13.7 Å². The number of ether oxygens (including phenoxy) is 2. The third kappa shape index (κ3) is 3.44. The van der Waals surface area contributed by atoms with Crippen molar-refractivity contribution in [1.82, 2.24) is 5.48 Å². The van der Waals surface area contributed by atoms with E-state index in [0.29, 0.717) is 11.7 Å². The zero-order valence-electron chi connectivity index (χ0n) is 13.5. The highest BCUT2D eigenvalue weighted by atomic mass is 16.5. The fourth-order valence-electron chi connectivity index (χ4n) is 3.28. The minimum Gasteiger partial charge on any atom is -0.493 e. The summed E-state index contributed by atoms with van der Waals surface area (Å²) in [4.78, 5) is 0. The number of hydrogen-bond acceptors (Lipinski definition) is 5. The Balaban J connectivity index is 1.82. The predicted molar refractivity (Wildman–Crippen MR) is 85.7 cm³/mol. The van der Waals surface area contributed by atoms with Crippen LogP contribution >= 0.6 is 0 Å². The Morgan fingerprint density at radius 2 is 2.00 bits per heavy atom. The topological polar surface area (TPSA) is 74.5 Å². The van der Waals surface area contributed by atoms with E-state index in [1.807, 2.05) is 18.2 Å². The van der Waals surface area contributed by atoms with Crippen LogP contribution in [-0.4, -0.2) is 25.0 Å². The molecule has 2 aliphatic carbocycles. The van der Waals surface area contributed by atoms with Crippen molar-refractivity contribution in [3.8, 4) is 17.6 Å². The van der Waals surface area contributed by atoms with Gasteiger partial charge < -0.3 is 14.7 Å². The molecule has 2 saturated carbocycles. The lowest BCUT2D eigenvalue weighted by molar-refractivity contribution is 0.0974. The first kappa shape index (κ1) is 16.1. The van der Waals surface area contributed by atoms with E-state index in [0.717, 1.165) is 43.6 Å². The predicted octanol–water partition coefficient (Wildman–Crippen LogP) is 3.17. The van der Waals surface area contributed by atoms with Gasteiger partial charge in [0.15, 0.2) is 11.5 Å². The average Bonchev–Trinajstić information content (AvgIpc) is 3.44. The first-order valence-electron chi connectivity index (χ1n) is 8.33. The van der Waals surface area contributed by atoms with Gasteiger partial charge in [-0.05, 0) is 62.1 Å². The third-order valence-corrected chi connectivity index (χ3v) is 5.12. The first-order valence-corrected chi connectivity index (χ1v) is 8.33. The second-order valence-corrected chi connectivity index (χ2v) is 6.72. The first-order chi connectivity index (χ1) is 11.2. The standard InChI is InChI=1S/C18H24N2O3/c1-22-16-5-4-14(10-17(16)23-11-13-2-3-13)18(12-19)8-6-15(20-21)7-9-18/h4-5,10,13,15,20-21H,2-3,6-9,11H2,1H3. The van der Waals surface area contributed by atoms with E-state index < -0.39 is 5.41 Å². The maximum absolute atomic E-state index is 9.79. The number of nitrogens with zero attached hydrogens (tertiary/aromatic N) is 1. The van der Waals surface area contributed by atoms with Crippen LogP contribution in [0.2, 0.25) is 0 Å². The van der Waals surface area contributed by atoms with Crippen LogP contribution < -0.4 is 15.0 Å². The molecule has 0 amide bonds. The number of nitriles is 1. The smallest absolute Gasteiger partial charge is 0.161 e. The Labute approximate surface area is 137 Å². The zero-order chi connectivity index (χ0) is 16.3. The van der Waals surface area contributed by atoms with Crippen molar-refractivity contribution in [3.63, 3.8) is 0 Å². The lowest BCUT2D eigenvalue weighted by Crippen LogP contribution is -2.37. The summed E-state index contributed by atoms with van der Waals surface area (Å²) in [6.07, 6.45) is 5.51. The molecule has 3 rings (SSSR count). The quantitative estimate of drug-likeness (QED) is 0.789. The second-order valence-electron chi connectivity index (χ2n) is 6.72. The van der Waals surface area contributed by atoms with E-state index in [1.165, 1.54) is 12.8 Å². The molecule has 124 valence electrons. The number of hydroxylamine groups is 1. The number of rotatable bonds is 6.